The van der Waals surface area contributed by atoms with E-state index in [1.54, 1.807) is 16.9 Å². The molecule has 5 rings (SSSR count). The zero-order valence-corrected chi connectivity index (χ0v) is 22.5. The summed E-state index contributed by atoms with van der Waals surface area (Å²) in [4.78, 5) is 26.4. The number of hydrogen-bond donors (Lipinski definition) is 1. The quantitative estimate of drug-likeness (QED) is 0.332. The summed E-state index contributed by atoms with van der Waals surface area (Å²) in [6.45, 7) is 8.68. The van der Waals surface area contributed by atoms with Crippen LogP contribution in [0.25, 0.3) is 10.8 Å². The fourth-order valence-electron chi connectivity index (χ4n) is 4.67. The van der Waals surface area contributed by atoms with Crippen LogP contribution in [0.3, 0.4) is 0 Å². The van der Waals surface area contributed by atoms with Crippen molar-refractivity contribution in [3.8, 4) is 11.5 Å². The molecule has 1 aliphatic heterocycles. The molecule has 4 aromatic rings. The van der Waals surface area contributed by atoms with E-state index in [1.165, 1.54) is 16.9 Å². The largest absolute Gasteiger partial charge is 0.455 e. The number of carbonyl (C=O) groups is 1. The second-order valence-electron chi connectivity index (χ2n) is 10.6. The van der Waals surface area contributed by atoms with Crippen molar-refractivity contribution >= 4 is 22.5 Å². The maximum Gasteiger partial charge on any atom is 0.271 e. The lowest BCUT2D eigenvalue weighted by molar-refractivity contribution is -0.139. The van der Waals surface area contributed by atoms with Crippen LogP contribution in [0.2, 0.25) is 0 Å². The lowest BCUT2D eigenvalue weighted by Crippen LogP contribution is -2.35. The molecule has 39 heavy (non-hydrogen) atoms. The number of amides is 1. The molecule has 2 atom stereocenters. The van der Waals surface area contributed by atoms with Gasteiger partial charge in [0.25, 0.3) is 11.5 Å². The molecule has 1 saturated heterocycles. The van der Waals surface area contributed by atoms with E-state index in [-0.39, 0.29) is 17.9 Å². The van der Waals surface area contributed by atoms with Gasteiger partial charge in [-0.15, -0.1) is 0 Å². The van der Waals surface area contributed by atoms with Crippen LogP contribution < -0.4 is 15.6 Å². The maximum atomic E-state index is 13.3. The highest BCUT2D eigenvalue weighted by molar-refractivity contribution is 5.92. The lowest BCUT2D eigenvalue weighted by atomic mass is 10.0. The molecule has 0 spiro atoms. The van der Waals surface area contributed by atoms with Crippen molar-refractivity contribution in [3.63, 3.8) is 0 Å². The zero-order chi connectivity index (χ0) is 27.6. The Balaban J connectivity index is 1.30. The van der Waals surface area contributed by atoms with Gasteiger partial charge in [-0.3, -0.25) is 14.3 Å². The minimum Gasteiger partial charge on any atom is -0.455 e. The first-order valence-electron chi connectivity index (χ1n) is 13.1. The van der Waals surface area contributed by atoms with Gasteiger partial charge in [0.2, 0.25) is 0 Å². The molecule has 2 aromatic heterocycles. The van der Waals surface area contributed by atoms with Gasteiger partial charge in [-0.1, -0.05) is 50.2 Å². The van der Waals surface area contributed by atoms with Gasteiger partial charge in [0, 0.05) is 23.7 Å². The number of nitrogens with zero attached hydrogens (tertiary/aromatic N) is 4. The van der Waals surface area contributed by atoms with E-state index in [1.807, 2.05) is 70.2 Å². The molecule has 0 bridgehead atoms. The summed E-state index contributed by atoms with van der Waals surface area (Å²) in [5, 5.41) is 13.6. The molecule has 2 aromatic carbocycles. The second-order valence-corrected chi connectivity index (χ2v) is 10.6. The standard InChI is InChI=1S/C29H33N5O5/c1-19(2)14-24(28(36)31-26-12-13-33(32-26)17-22-18-37-29(3,4)39-22)34-27(35)15-21(16-30-34)38-25-11-7-9-20-8-5-6-10-23(20)25/h5-13,15-16,19,22,24H,14,17-18H2,1-4H3,(H,31,32,36)/t22-,24?/m1/s1. The first-order chi connectivity index (χ1) is 18.7. The molecule has 0 radical (unpaired) electrons. The Hall–Kier alpha value is -4.02. The summed E-state index contributed by atoms with van der Waals surface area (Å²) in [5.74, 6) is 0.466. The molecule has 1 fully saturated rings. The first-order valence-corrected chi connectivity index (χ1v) is 13.1. The third kappa shape index (κ3) is 6.35. The van der Waals surface area contributed by atoms with Crippen molar-refractivity contribution in [2.24, 2.45) is 5.92 Å². The number of ether oxygens (including phenoxy) is 3. The van der Waals surface area contributed by atoms with E-state index in [0.717, 1.165) is 10.8 Å². The molecule has 10 nitrogen and oxygen atoms in total. The van der Waals surface area contributed by atoms with Crippen molar-refractivity contribution in [1.82, 2.24) is 19.6 Å². The van der Waals surface area contributed by atoms with Gasteiger partial charge in [0.05, 0.1) is 19.3 Å². The molecule has 3 heterocycles. The summed E-state index contributed by atoms with van der Waals surface area (Å²) in [7, 11) is 0. The molecule has 10 heteroatoms. The number of aromatic nitrogens is 4. The Morgan fingerprint density at radius 2 is 1.97 bits per heavy atom. The van der Waals surface area contributed by atoms with Crippen LogP contribution in [0, 0.1) is 5.92 Å². The number of rotatable bonds is 9. The Morgan fingerprint density at radius 1 is 1.18 bits per heavy atom. The van der Waals surface area contributed by atoms with E-state index in [4.69, 9.17) is 14.2 Å². The average molecular weight is 532 g/mol. The molecule has 1 unspecified atom stereocenters. The average Bonchev–Trinajstić information content (AvgIpc) is 3.47. The highest BCUT2D eigenvalue weighted by Crippen LogP contribution is 2.29. The summed E-state index contributed by atoms with van der Waals surface area (Å²) >= 11 is 0. The van der Waals surface area contributed by atoms with E-state index in [9.17, 15) is 9.59 Å². The van der Waals surface area contributed by atoms with Crippen molar-refractivity contribution in [2.45, 2.75) is 58.6 Å². The SMILES string of the molecule is CC(C)CC(C(=O)Nc1ccn(C[C@@H]2COC(C)(C)O2)n1)n1ncc(Oc2cccc3ccccc23)cc1=O. The number of fused-ring (bicyclic) bond motifs is 1. The van der Waals surface area contributed by atoms with Crippen LogP contribution in [0.15, 0.2) is 71.8 Å². The number of benzene rings is 2. The number of carbonyl (C=O) groups excluding carboxylic acids is 1. The van der Waals surface area contributed by atoms with Gasteiger partial charge in [0.1, 0.15) is 17.9 Å². The minimum atomic E-state index is -0.818. The van der Waals surface area contributed by atoms with Gasteiger partial charge in [-0.25, -0.2) is 4.68 Å². The van der Waals surface area contributed by atoms with Crippen LogP contribution >= 0.6 is 0 Å². The number of nitrogens with one attached hydrogen (secondary N) is 1. The summed E-state index contributed by atoms with van der Waals surface area (Å²) in [6, 6.07) is 15.8. The van der Waals surface area contributed by atoms with E-state index in [2.05, 4.69) is 15.5 Å². The first kappa shape index (κ1) is 26.6. The Bertz CT molecular complexity index is 1520. The fraction of sp³-hybridized carbons (Fsp3) is 0.379. The Labute approximate surface area is 226 Å². The molecule has 0 aliphatic carbocycles. The van der Waals surface area contributed by atoms with Gasteiger partial charge in [-0.2, -0.15) is 10.2 Å². The Kier molecular flexibility index (Phi) is 7.49. The smallest absolute Gasteiger partial charge is 0.271 e. The molecular weight excluding hydrogens is 498 g/mol. The van der Waals surface area contributed by atoms with Gasteiger partial charge < -0.3 is 19.5 Å². The van der Waals surface area contributed by atoms with E-state index in [0.29, 0.717) is 36.9 Å². The predicted molar refractivity (Wildman–Crippen MR) is 147 cm³/mol. The summed E-state index contributed by atoms with van der Waals surface area (Å²) in [6.07, 6.45) is 3.52. The lowest BCUT2D eigenvalue weighted by Gasteiger charge is -2.20. The highest BCUT2D eigenvalue weighted by atomic mass is 16.7. The van der Waals surface area contributed by atoms with Crippen LogP contribution in [-0.4, -0.2) is 44.0 Å². The van der Waals surface area contributed by atoms with Gasteiger partial charge in [0.15, 0.2) is 17.4 Å². The van der Waals surface area contributed by atoms with Crippen molar-refractivity contribution < 1.29 is 19.0 Å². The minimum absolute atomic E-state index is 0.130. The van der Waals surface area contributed by atoms with Gasteiger partial charge >= 0.3 is 0 Å². The zero-order valence-electron chi connectivity index (χ0n) is 22.5. The fourth-order valence-corrected chi connectivity index (χ4v) is 4.67. The third-order valence-electron chi connectivity index (χ3n) is 6.42. The second kappa shape index (κ2) is 11.0. The Morgan fingerprint density at radius 3 is 2.72 bits per heavy atom. The number of hydrogen-bond acceptors (Lipinski definition) is 7. The predicted octanol–water partition coefficient (Wildman–Crippen LogP) is 4.76. The molecular formula is C29H33N5O5. The molecule has 1 amide bonds. The monoisotopic (exact) mass is 531 g/mol. The van der Waals surface area contributed by atoms with E-state index >= 15 is 0 Å². The van der Waals surface area contributed by atoms with Crippen LogP contribution in [0.1, 0.15) is 40.2 Å². The van der Waals surface area contributed by atoms with Crippen molar-refractivity contribution in [1.29, 1.82) is 0 Å². The van der Waals surface area contributed by atoms with Crippen LogP contribution in [0.5, 0.6) is 11.5 Å². The summed E-state index contributed by atoms with van der Waals surface area (Å²) < 4.78 is 20.4. The highest BCUT2D eigenvalue weighted by Gasteiger charge is 2.33. The molecule has 204 valence electrons. The topological polar surface area (TPSA) is 110 Å². The van der Waals surface area contributed by atoms with Gasteiger partial charge in [-0.05, 0) is 37.6 Å². The van der Waals surface area contributed by atoms with Crippen LogP contribution in [-0.2, 0) is 20.8 Å². The molecule has 1 aliphatic rings. The van der Waals surface area contributed by atoms with Crippen LogP contribution in [0.4, 0.5) is 5.82 Å². The molecule has 1 N–H and O–H groups in total. The van der Waals surface area contributed by atoms with Crippen molar-refractivity contribution in [2.75, 3.05) is 11.9 Å². The maximum absolute atomic E-state index is 13.3. The number of anilines is 1. The van der Waals surface area contributed by atoms with Crippen molar-refractivity contribution in [3.05, 3.63) is 77.3 Å². The third-order valence-corrected chi connectivity index (χ3v) is 6.42. The molecule has 0 saturated carbocycles. The van der Waals surface area contributed by atoms with E-state index < -0.39 is 17.4 Å². The normalized spacial score (nSPS) is 17.4. The summed E-state index contributed by atoms with van der Waals surface area (Å²) in [5.41, 5.74) is -0.430.